The van der Waals surface area contributed by atoms with Gasteiger partial charge in [-0.2, -0.15) is 0 Å². The second kappa shape index (κ2) is 19.9. The van der Waals surface area contributed by atoms with E-state index in [1.54, 1.807) is 0 Å². The summed E-state index contributed by atoms with van der Waals surface area (Å²) in [6.45, 7) is 0. The van der Waals surface area contributed by atoms with Gasteiger partial charge in [-0.05, 0) is 51.4 Å². The van der Waals surface area contributed by atoms with Gasteiger partial charge in [-0.15, -0.1) is 0 Å². The highest BCUT2D eigenvalue weighted by atomic mass is 16.2. The predicted octanol–water partition coefficient (Wildman–Crippen LogP) is 3.45. The summed E-state index contributed by atoms with van der Waals surface area (Å²) >= 11 is 0. The molecule has 16 heavy (non-hydrogen) atoms. The van der Waals surface area contributed by atoms with Gasteiger partial charge in [0.05, 0.1) is 0 Å². The number of aliphatic hydroxyl groups is 2. The second-order valence-corrected chi connectivity index (χ2v) is 3.51. The van der Waals surface area contributed by atoms with E-state index in [0.29, 0.717) is 0 Å². The molecule has 2 rings (SSSR count). The number of hydrogen-bond acceptors (Lipinski definition) is 2. The minimum atomic E-state index is 1.00. The third-order valence-corrected chi connectivity index (χ3v) is 2.32. The summed E-state index contributed by atoms with van der Waals surface area (Å²) in [7, 11) is 2.00. The van der Waals surface area contributed by atoms with Crippen molar-refractivity contribution in [1.82, 2.24) is 0 Å². The average molecular weight is 228 g/mol. The van der Waals surface area contributed by atoms with Gasteiger partial charge in [0.1, 0.15) is 0 Å². The van der Waals surface area contributed by atoms with Gasteiger partial charge < -0.3 is 10.2 Å². The lowest BCUT2D eigenvalue weighted by Crippen LogP contribution is -1.77. The molecule has 0 heterocycles. The van der Waals surface area contributed by atoms with Gasteiger partial charge in [-0.25, -0.2) is 0 Å². The molecular formula is C14H28O2. The largest absolute Gasteiger partial charge is 0.400 e. The first-order chi connectivity index (χ1) is 8.00. The molecule has 2 aliphatic rings. The summed E-state index contributed by atoms with van der Waals surface area (Å²) in [6.07, 6.45) is 20.0. The highest BCUT2D eigenvalue weighted by Gasteiger charge is 1.87. The van der Waals surface area contributed by atoms with Crippen LogP contribution >= 0.6 is 0 Å². The Hall–Kier alpha value is -0.600. The topological polar surface area (TPSA) is 40.5 Å². The molecule has 2 N–H and O–H groups in total. The second-order valence-electron chi connectivity index (χ2n) is 3.51. The highest BCUT2D eigenvalue weighted by molar-refractivity contribution is 4.85. The van der Waals surface area contributed by atoms with Gasteiger partial charge >= 0.3 is 0 Å². The molecule has 0 fully saturated rings. The Morgan fingerprint density at radius 2 is 0.688 bits per heavy atom. The van der Waals surface area contributed by atoms with Crippen LogP contribution in [-0.4, -0.2) is 24.4 Å². The summed E-state index contributed by atoms with van der Waals surface area (Å²) < 4.78 is 0. The number of rotatable bonds is 0. The molecule has 0 amide bonds. The normalized spacial score (nSPS) is 16.8. The first kappa shape index (κ1) is 17.8. The molecule has 0 spiro atoms. The Bertz CT molecular complexity index is 117. The summed E-state index contributed by atoms with van der Waals surface area (Å²) in [6, 6.07) is 0. The third-order valence-electron chi connectivity index (χ3n) is 2.32. The Morgan fingerprint density at radius 3 is 0.750 bits per heavy atom. The molecule has 0 bridgehead atoms. The van der Waals surface area contributed by atoms with Gasteiger partial charge in [-0.3, -0.25) is 0 Å². The maximum atomic E-state index is 7.00. The van der Waals surface area contributed by atoms with Crippen LogP contribution < -0.4 is 0 Å². The van der Waals surface area contributed by atoms with E-state index in [1.807, 2.05) is 0 Å². The Kier molecular flexibility index (Phi) is 22.1. The lowest BCUT2D eigenvalue weighted by Gasteiger charge is -1.97. The number of aliphatic hydroxyl groups excluding tert-OH is 2. The van der Waals surface area contributed by atoms with Crippen molar-refractivity contribution in [2.24, 2.45) is 0 Å². The minimum absolute atomic E-state index is 1.00. The van der Waals surface area contributed by atoms with Crippen molar-refractivity contribution < 1.29 is 10.2 Å². The summed E-state index contributed by atoms with van der Waals surface area (Å²) in [5.41, 5.74) is 0. The fraction of sp³-hybridized carbons (Fsp3) is 0.714. The average Bonchev–Trinajstić information content (AvgIpc) is 2.48. The fourth-order valence-corrected chi connectivity index (χ4v) is 1.52. The molecule has 2 aliphatic carbocycles. The van der Waals surface area contributed by atoms with Gasteiger partial charge in [-0.1, -0.05) is 24.3 Å². The molecule has 0 aliphatic heterocycles. The van der Waals surface area contributed by atoms with Crippen molar-refractivity contribution in [3.05, 3.63) is 24.3 Å². The summed E-state index contributed by atoms with van der Waals surface area (Å²) in [5, 5.41) is 14.0. The zero-order chi connectivity index (χ0) is 12.5. The lowest BCUT2D eigenvalue weighted by atomic mass is 10.1. The predicted molar refractivity (Wildman–Crippen MR) is 71.5 cm³/mol. The maximum Gasteiger partial charge on any atom is 0.0319 e. The van der Waals surface area contributed by atoms with Gasteiger partial charge in [0.15, 0.2) is 0 Å². The highest BCUT2D eigenvalue weighted by Crippen LogP contribution is 2.07. The molecule has 2 nitrogen and oxygen atoms in total. The van der Waals surface area contributed by atoms with Crippen molar-refractivity contribution in [1.29, 1.82) is 0 Å². The Morgan fingerprint density at radius 1 is 0.500 bits per heavy atom. The molecular weight excluding hydrogens is 200 g/mol. The standard InChI is InChI=1S/2C6H10.2CH4O/c2*1-2-4-6-5-3-1;2*1-2/h2*1-2H,3-6H2;2*2H,1H3. The van der Waals surface area contributed by atoms with Crippen molar-refractivity contribution in [3.8, 4) is 0 Å². The van der Waals surface area contributed by atoms with Crippen LogP contribution in [0.2, 0.25) is 0 Å². The van der Waals surface area contributed by atoms with Crippen LogP contribution in [-0.2, 0) is 0 Å². The SMILES string of the molecule is C1=CCCCC1.C1=CCCCC1.CO.CO. The number of hydrogen-bond donors (Lipinski definition) is 2. The smallest absolute Gasteiger partial charge is 0.0319 e. The van der Waals surface area contributed by atoms with Crippen LogP contribution in [0, 0.1) is 0 Å². The van der Waals surface area contributed by atoms with Crippen LogP contribution in [0.3, 0.4) is 0 Å². The van der Waals surface area contributed by atoms with Crippen molar-refractivity contribution in [3.63, 3.8) is 0 Å². The molecule has 0 saturated carbocycles. The van der Waals surface area contributed by atoms with Crippen LogP contribution in [0.1, 0.15) is 51.4 Å². The third kappa shape index (κ3) is 15.9. The van der Waals surface area contributed by atoms with E-state index < -0.39 is 0 Å². The molecule has 0 atom stereocenters. The van der Waals surface area contributed by atoms with Crippen LogP contribution in [0.25, 0.3) is 0 Å². The van der Waals surface area contributed by atoms with Crippen LogP contribution in [0.4, 0.5) is 0 Å². The van der Waals surface area contributed by atoms with E-state index in [-0.39, 0.29) is 0 Å². The quantitative estimate of drug-likeness (QED) is 0.623. The molecule has 0 radical (unpaired) electrons. The number of allylic oxidation sites excluding steroid dienone is 4. The zero-order valence-electron chi connectivity index (χ0n) is 10.9. The summed E-state index contributed by atoms with van der Waals surface area (Å²) in [5.74, 6) is 0. The molecule has 96 valence electrons. The summed E-state index contributed by atoms with van der Waals surface area (Å²) in [4.78, 5) is 0. The van der Waals surface area contributed by atoms with E-state index in [9.17, 15) is 0 Å². The van der Waals surface area contributed by atoms with Gasteiger partial charge in [0.2, 0.25) is 0 Å². The van der Waals surface area contributed by atoms with E-state index in [4.69, 9.17) is 10.2 Å². The molecule has 0 aromatic carbocycles. The van der Waals surface area contributed by atoms with Crippen LogP contribution in [0.15, 0.2) is 24.3 Å². The molecule has 0 saturated heterocycles. The molecule has 2 heteroatoms. The van der Waals surface area contributed by atoms with Gasteiger partial charge in [0, 0.05) is 14.2 Å². The zero-order valence-corrected chi connectivity index (χ0v) is 10.9. The Labute approximate surface area is 101 Å². The lowest BCUT2D eigenvalue weighted by molar-refractivity contribution is 0.399. The van der Waals surface area contributed by atoms with Crippen molar-refractivity contribution in [2.45, 2.75) is 51.4 Å². The maximum absolute atomic E-state index is 7.00. The molecule has 0 aromatic rings. The van der Waals surface area contributed by atoms with Crippen LogP contribution in [0.5, 0.6) is 0 Å². The Balaban J connectivity index is 0. The van der Waals surface area contributed by atoms with E-state index in [1.165, 1.54) is 51.4 Å². The monoisotopic (exact) mass is 228 g/mol. The molecule has 0 unspecified atom stereocenters. The van der Waals surface area contributed by atoms with E-state index >= 15 is 0 Å². The molecule has 0 aromatic heterocycles. The first-order valence-electron chi connectivity index (χ1n) is 6.19. The fourth-order valence-electron chi connectivity index (χ4n) is 1.52. The van der Waals surface area contributed by atoms with E-state index in [2.05, 4.69) is 24.3 Å². The first-order valence-corrected chi connectivity index (χ1v) is 6.19. The van der Waals surface area contributed by atoms with E-state index in [0.717, 1.165) is 14.2 Å². The minimum Gasteiger partial charge on any atom is -0.400 e. The van der Waals surface area contributed by atoms with Crippen molar-refractivity contribution in [2.75, 3.05) is 14.2 Å². The van der Waals surface area contributed by atoms with Gasteiger partial charge in [0.25, 0.3) is 0 Å². The van der Waals surface area contributed by atoms with Crippen molar-refractivity contribution >= 4 is 0 Å².